The van der Waals surface area contributed by atoms with Gasteiger partial charge in [0.25, 0.3) is 5.91 Å². The molecule has 0 bridgehead atoms. The molecule has 0 saturated heterocycles. The van der Waals surface area contributed by atoms with Crippen LogP contribution in [0.5, 0.6) is 5.75 Å². The van der Waals surface area contributed by atoms with Crippen LogP contribution in [0.25, 0.3) is 0 Å². The molecule has 0 unspecified atom stereocenters. The van der Waals surface area contributed by atoms with E-state index in [0.717, 1.165) is 10.4 Å². The molecular weight excluding hydrogens is 408 g/mol. The highest BCUT2D eigenvalue weighted by atomic mass is 32.1. The second-order valence-electron chi connectivity index (χ2n) is 8.34. The Labute approximate surface area is 187 Å². The SMILES string of the molecule is CC(C)(C)c1ccc(OCC(=O)Nc2ccc(CC(=O)NCc3cccs3)cc2)cc1. The second-order valence-corrected chi connectivity index (χ2v) is 9.37. The molecule has 2 amide bonds. The Morgan fingerprint density at radius 3 is 2.26 bits per heavy atom. The number of hydrogen-bond donors (Lipinski definition) is 2. The maximum absolute atomic E-state index is 12.2. The van der Waals surface area contributed by atoms with Crippen LogP contribution in [0.15, 0.2) is 66.0 Å². The van der Waals surface area contributed by atoms with Crippen molar-refractivity contribution in [2.45, 2.75) is 39.2 Å². The molecule has 0 aliphatic rings. The fourth-order valence-corrected chi connectivity index (χ4v) is 3.59. The molecule has 1 aromatic heterocycles. The Bertz CT molecular complexity index is 989. The lowest BCUT2D eigenvalue weighted by Gasteiger charge is -2.19. The summed E-state index contributed by atoms with van der Waals surface area (Å²) in [4.78, 5) is 25.4. The Balaban J connectivity index is 1.42. The van der Waals surface area contributed by atoms with E-state index in [0.29, 0.717) is 24.4 Å². The summed E-state index contributed by atoms with van der Waals surface area (Å²) < 4.78 is 5.58. The summed E-state index contributed by atoms with van der Waals surface area (Å²) in [6, 6.07) is 19.0. The average molecular weight is 437 g/mol. The van der Waals surface area contributed by atoms with E-state index in [2.05, 4.69) is 31.4 Å². The van der Waals surface area contributed by atoms with E-state index in [1.54, 1.807) is 23.5 Å². The molecule has 0 atom stereocenters. The van der Waals surface area contributed by atoms with Gasteiger partial charge in [-0.05, 0) is 52.3 Å². The number of hydrogen-bond acceptors (Lipinski definition) is 4. The molecule has 0 spiro atoms. The third-order valence-electron chi connectivity index (χ3n) is 4.73. The lowest BCUT2D eigenvalue weighted by atomic mass is 9.87. The summed E-state index contributed by atoms with van der Waals surface area (Å²) in [5.41, 5.74) is 2.84. The molecule has 0 aliphatic carbocycles. The van der Waals surface area contributed by atoms with E-state index in [9.17, 15) is 9.59 Å². The molecule has 0 fully saturated rings. The number of nitrogens with one attached hydrogen (secondary N) is 2. The van der Waals surface area contributed by atoms with Crippen LogP contribution in [-0.2, 0) is 28.0 Å². The third kappa shape index (κ3) is 7.26. The smallest absolute Gasteiger partial charge is 0.262 e. The molecule has 2 N–H and O–H groups in total. The van der Waals surface area contributed by atoms with Crippen molar-refractivity contribution in [2.24, 2.45) is 0 Å². The lowest BCUT2D eigenvalue weighted by Crippen LogP contribution is -2.24. The first-order chi connectivity index (χ1) is 14.8. The van der Waals surface area contributed by atoms with Gasteiger partial charge in [-0.3, -0.25) is 9.59 Å². The molecule has 162 valence electrons. The number of carbonyl (C=O) groups is 2. The maximum atomic E-state index is 12.2. The summed E-state index contributed by atoms with van der Waals surface area (Å²) in [7, 11) is 0. The maximum Gasteiger partial charge on any atom is 0.262 e. The predicted molar refractivity (Wildman–Crippen MR) is 126 cm³/mol. The Kier molecular flexibility index (Phi) is 7.47. The van der Waals surface area contributed by atoms with E-state index in [4.69, 9.17) is 4.74 Å². The molecule has 0 aliphatic heterocycles. The van der Waals surface area contributed by atoms with E-state index in [-0.39, 0.29) is 23.8 Å². The molecule has 2 aromatic carbocycles. The molecular formula is C25H28N2O3S. The van der Waals surface area contributed by atoms with Crippen LogP contribution >= 0.6 is 11.3 Å². The summed E-state index contributed by atoms with van der Waals surface area (Å²) in [5, 5.41) is 7.71. The number of amides is 2. The Morgan fingerprint density at radius 2 is 1.65 bits per heavy atom. The number of ether oxygens (including phenoxy) is 1. The van der Waals surface area contributed by atoms with Gasteiger partial charge in [-0.2, -0.15) is 0 Å². The topological polar surface area (TPSA) is 67.4 Å². The first-order valence-electron chi connectivity index (χ1n) is 10.2. The van der Waals surface area contributed by atoms with Gasteiger partial charge in [-0.25, -0.2) is 0 Å². The molecule has 31 heavy (non-hydrogen) atoms. The van der Waals surface area contributed by atoms with Gasteiger partial charge in [0.1, 0.15) is 5.75 Å². The van der Waals surface area contributed by atoms with Crippen LogP contribution in [-0.4, -0.2) is 18.4 Å². The summed E-state index contributed by atoms with van der Waals surface area (Å²) in [5.74, 6) is 0.393. The van der Waals surface area contributed by atoms with Crippen LogP contribution in [0.1, 0.15) is 36.8 Å². The monoisotopic (exact) mass is 436 g/mol. The van der Waals surface area contributed by atoms with Crippen LogP contribution < -0.4 is 15.4 Å². The highest BCUT2D eigenvalue weighted by Gasteiger charge is 2.13. The van der Waals surface area contributed by atoms with E-state index in [1.165, 1.54) is 5.56 Å². The van der Waals surface area contributed by atoms with Crippen molar-refractivity contribution in [1.29, 1.82) is 0 Å². The van der Waals surface area contributed by atoms with E-state index < -0.39 is 0 Å². The van der Waals surface area contributed by atoms with Crippen LogP contribution in [0.4, 0.5) is 5.69 Å². The number of rotatable bonds is 8. The molecule has 3 aromatic rings. The van der Waals surface area contributed by atoms with Gasteiger partial charge in [0.15, 0.2) is 6.61 Å². The summed E-state index contributed by atoms with van der Waals surface area (Å²) in [6.07, 6.45) is 0.299. The first-order valence-corrected chi connectivity index (χ1v) is 11.1. The number of anilines is 1. The zero-order valence-electron chi connectivity index (χ0n) is 18.1. The van der Waals surface area contributed by atoms with Crippen molar-refractivity contribution in [1.82, 2.24) is 5.32 Å². The Hall–Kier alpha value is -3.12. The van der Waals surface area contributed by atoms with Crippen LogP contribution in [0.2, 0.25) is 0 Å². The van der Waals surface area contributed by atoms with Gasteiger partial charge >= 0.3 is 0 Å². The highest BCUT2D eigenvalue weighted by molar-refractivity contribution is 7.09. The van der Waals surface area contributed by atoms with Crippen molar-refractivity contribution >= 4 is 28.8 Å². The molecule has 6 heteroatoms. The zero-order valence-corrected chi connectivity index (χ0v) is 18.9. The van der Waals surface area contributed by atoms with Gasteiger partial charge in [-0.1, -0.05) is 51.1 Å². The quantitative estimate of drug-likeness (QED) is 0.527. The molecule has 0 saturated carbocycles. The van der Waals surface area contributed by atoms with E-state index >= 15 is 0 Å². The highest BCUT2D eigenvalue weighted by Crippen LogP contribution is 2.24. The number of carbonyl (C=O) groups excluding carboxylic acids is 2. The fourth-order valence-electron chi connectivity index (χ4n) is 2.95. The number of thiophene rings is 1. The van der Waals surface area contributed by atoms with Crippen LogP contribution in [0, 0.1) is 0 Å². The van der Waals surface area contributed by atoms with Crippen molar-refractivity contribution in [3.05, 3.63) is 82.0 Å². The molecule has 3 rings (SSSR count). The third-order valence-corrected chi connectivity index (χ3v) is 5.61. The van der Waals surface area contributed by atoms with Crippen molar-refractivity contribution in [3.8, 4) is 5.75 Å². The van der Waals surface area contributed by atoms with Crippen LogP contribution in [0.3, 0.4) is 0 Å². The van der Waals surface area contributed by atoms with Crippen molar-refractivity contribution < 1.29 is 14.3 Å². The predicted octanol–water partition coefficient (Wildman–Crippen LogP) is 4.92. The van der Waals surface area contributed by atoms with Gasteiger partial charge in [0.05, 0.1) is 13.0 Å². The summed E-state index contributed by atoms with van der Waals surface area (Å²) >= 11 is 1.62. The normalized spacial score (nSPS) is 11.1. The summed E-state index contributed by atoms with van der Waals surface area (Å²) in [6.45, 7) is 6.93. The molecule has 5 nitrogen and oxygen atoms in total. The lowest BCUT2D eigenvalue weighted by molar-refractivity contribution is -0.120. The standard InChI is InChI=1S/C25H28N2O3S/c1-25(2,3)19-8-12-21(13-9-19)30-17-24(29)27-20-10-6-18(7-11-20)15-23(28)26-16-22-5-4-14-31-22/h4-14H,15-17H2,1-3H3,(H,26,28)(H,27,29). The van der Waals surface area contributed by atoms with Gasteiger partial charge in [0, 0.05) is 10.6 Å². The van der Waals surface area contributed by atoms with Gasteiger partial charge in [-0.15, -0.1) is 11.3 Å². The van der Waals surface area contributed by atoms with E-state index in [1.807, 2.05) is 53.9 Å². The second kappa shape index (κ2) is 10.3. The average Bonchev–Trinajstić information content (AvgIpc) is 3.26. The Morgan fingerprint density at radius 1 is 0.935 bits per heavy atom. The first kappa shape index (κ1) is 22.6. The minimum absolute atomic E-state index is 0.0314. The van der Waals surface area contributed by atoms with Gasteiger partial charge < -0.3 is 15.4 Å². The van der Waals surface area contributed by atoms with Crippen molar-refractivity contribution in [3.63, 3.8) is 0 Å². The van der Waals surface area contributed by atoms with Crippen molar-refractivity contribution in [2.75, 3.05) is 11.9 Å². The molecule has 0 radical (unpaired) electrons. The largest absolute Gasteiger partial charge is 0.484 e. The minimum atomic E-state index is -0.235. The fraction of sp³-hybridized carbons (Fsp3) is 0.280. The number of benzene rings is 2. The van der Waals surface area contributed by atoms with Gasteiger partial charge in [0.2, 0.25) is 5.91 Å². The zero-order chi connectivity index (χ0) is 22.3. The minimum Gasteiger partial charge on any atom is -0.484 e. The molecule has 1 heterocycles.